The molecule has 22 heavy (non-hydrogen) atoms. The van der Waals surface area contributed by atoms with E-state index in [1.807, 2.05) is 7.05 Å². The summed E-state index contributed by atoms with van der Waals surface area (Å²) in [6, 6.07) is 4.13. The van der Waals surface area contributed by atoms with E-state index in [0.717, 1.165) is 0 Å². The van der Waals surface area contributed by atoms with Gasteiger partial charge in [0.05, 0.1) is 6.54 Å². The summed E-state index contributed by atoms with van der Waals surface area (Å²) >= 11 is 0. The number of pyridine rings is 1. The Bertz CT molecular complexity index is 858. The second kappa shape index (κ2) is 5.44. The molecule has 0 unspecified atom stereocenters. The summed E-state index contributed by atoms with van der Waals surface area (Å²) < 4.78 is 15.4. The van der Waals surface area contributed by atoms with Crippen molar-refractivity contribution in [1.29, 1.82) is 0 Å². The molecule has 0 aliphatic rings. The minimum atomic E-state index is -0.504. The molecule has 0 saturated heterocycles. The minimum absolute atomic E-state index is 0.137. The van der Waals surface area contributed by atoms with Crippen LogP contribution in [-0.2, 0) is 13.6 Å². The van der Waals surface area contributed by atoms with Crippen molar-refractivity contribution in [2.75, 3.05) is 5.73 Å². The molecular weight excluding hydrogens is 285 g/mol. The summed E-state index contributed by atoms with van der Waals surface area (Å²) in [5.74, 6) is -0.200. The molecule has 1 amide bonds. The zero-order valence-corrected chi connectivity index (χ0v) is 11.9. The number of rotatable bonds is 3. The topological polar surface area (TPSA) is 85.8 Å². The van der Waals surface area contributed by atoms with E-state index in [1.165, 1.54) is 18.3 Å². The van der Waals surface area contributed by atoms with Gasteiger partial charge in [0.2, 0.25) is 0 Å². The summed E-state index contributed by atoms with van der Waals surface area (Å²) in [6.45, 7) is 0.255. The van der Waals surface area contributed by atoms with Crippen molar-refractivity contribution in [3.05, 3.63) is 54.1 Å². The molecule has 0 aliphatic carbocycles. The largest absolute Gasteiger partial charge is 0.398 e. The zero-order valence-electron chi connectivity index (χ0n) is 11.9. The molecule has 0 atom stereocenters. The standard InChI is InChI=1S/C15H14FN5O/c1-21-5-4-18-13(21)8-20-15(22)14-11-6-9(16)7-12(17)10(11)2-3-19-14/h2-7H,8,17H2,1H3,(H,20,22). The van der Waals surface area contributed by atoms with Crippen LogP contribution in [0.3, 0.4) is 0 Å². The predicted octanol–water partition coefficient (Wildman–Crippen LogP) is 1.62. The maximum atomic E-state index is 13.6. The fourth-order valence-corrected chi connectivity index (χ4v) is 2.27. The van der Waals surface area contributed by atoms with Crippen LogP contribution in [0.25, 0.3) is 10.8 Å². The van der Waals surface area contributed by atoms with E-state index >= 15 is 0 Å². The Labute approximate surface area is 125 Å². The lowest BCUT2D eigenvalue weighted by atomic mass is 10.1. The highest BCUT2D eigenvalue weighted by molar-refractivity contribution is 6.07. The molecule has 1 aromatic carbocycles. The Hall–Kier alpha value is -2.96. The second-order valence-electron chi connectivity index (χ2n) is 4.89. The van der Waals surface area contributed by atoms with Crippen LogP contribution in [0.2, 0.25) is 0 Å². The highest BCUT2D eigenvalue weighted by Gasteiger charge is 2.14. The Morgan fingerprint density at radius 2 is 2.14 bits per heavy atom. The first kappa shape index (κ1) is 14.0. The van der Waals surface area contributed by atoms with Gasteiger partial charge in [-0.05, 0) is 18.2 Å². The van der Waals surface area contributed by atoms with Crippen molar-refractivity contribution in [3.8, 4) is 0 Å². The second-order valence-corrected chi connectivity index (χ2v) is 4.89. The summed E-state index contributed by atoms with van der Waals surface area (Å²) in [5.41, 5.74) is 6.19. The van der Waals surface area contributed by atoms with Crippen molar-refractivity contribution in [1.82, 2.24) is 19.9 Å². The summed E-state index contributed by atoms with van der Waals surface area (Å²) in [5, 5.41) is 3.71. The monoisotopic (exact) mass is 299 g/mol. The van der Waals surface area contributed by atoms with Crippen molar-refractivity contribution in [2.45, 2.75) is 6.54 Å². The summed E-state index contributed by atoms with van der Waals surface area (Å²) in [4.78, 5) is 20.5. The number of aryl methyl sites for hydroxylation is 1. The van der Waals surface area contributed by atoms with E-state index in [-0.39, 0.29) is 17.9 Å². The first-order valence-electron chi connectivity index (χ1n) is 6.64. The number of amides is 1. The predicted molar refractivity (Wildman–Crippen MR) is 80.5 cm³/mol. The number of nitrogen functional groups attached to an aromatic ring is 1. The van der Waals surface area contributed by atoms with Gasteiger partial charge in [-0.3, -0.25) is 9.78 Å². The molecule has 0 radical (unpaired) electrons. The molecule has 0 saturated carbocycles. The van der Waals surface area contributed by atoms with Gasteiger partial charge in [0.1, 0.15) is 17.3 Å². The number of aromatic nitrogens is 3. The number of halogens is 1. The molecule has 0 fully saturated rings. The smallest absolute Gasteiger partial charge is 0.270 e. The van der Waals surface area contributed by atoms with Crippen LogP contribution in [0.5, 0.6) is 0 Å². The number of nitrogens with zero attached hydrogens (tertiary/aromatic N) is 3. The van der Waals surface area contributed by atoms with Crippen LogP contribution in [0.4, 0.5) is 10.1 Å². The third kappa shape index (κ3) is 2.48. The van der Waals surface area contributed by atoms with E-state index < -0.39 is 11.7 Å². The molecule has 7 heteroatoms. The van der Waals surface area contributed by atoms with Gasteiger partial charge >= 0.3 is 0 Å². The molecule has 2 heterocycles. The highest BCUT2D eigenvalue weighted by atomic mass is 19.1. The van der Waals surface area contributed by atoms with Gasteiger partial charge in [0.15, 0.2) is 0 Å². The molecule has 2 aromatic heterocycles. The number of nitrogens with two attached hydrogens (primary N) is 1. The zero-order chi connectivity index (χ0) is 15.7. The highest BCUT2D eigenvalue weighted by Crippen LogP contribution is 2.24. The van der Waals surface area contributed by atoms with Gasteiger partial charge in [-0.1, -0.05) is 0 Å². The normalized spacial score (nSPS) is 10.8. The Morgan fingerprint density at radius 3 is 2.86 bits per heavy atom. The van der Waals surface area contributed by atoms with Crippen molar-refractivity contribution >= 4 is 22.4 Å². The molecule has 3 N–H and O–H groups in total. The van der Waals surface area contributed by atoms with E-state index in [2.05, 4.69) is 15.3 Å². The fourth-order valence-electron chi connectivity index (χ4n) is 2.27. The number of hydrogen-bond acceptors (Lipinski definition) is 4. The number of anilines is 1. The molecular formula is C15H14FN5O. The number of imidazole rings is 1. The maximum absolute atomic E-state index is 13.6. The first-order chi connectivity index (χ1) is 10.6. The molecule has 0 aliphatic heterocycles. The third-order valence-electron chi connectivity index (χ3n) is 3.42. The fraction of sp³-hybridized carbons (Fsp3) is 0.133. The number of fused-ring (bicyclic) bond motifs is 1. The summed E-state index contributed by atoms with van der Waals surface area (Å²) in [7, 11) is 1.83. The van der Waals surface area contributed by atoms with Gasteiger partial charge < -0.3 is 15.6 Å². The van der Waals surface area contributed by atoms with E-state index in [9.17, 15) is 9.18 Å². The van der Waals surface area contributed by atoms with Crippen LogP contribution in [-0.4, -0.2) is 20.4 Å². The number of carbonyl (C=O) groups is 1. The van der Waals surface area contributed by atoms with Crippen LogP contribution in [0, 0.1) is 5.82 Å². The number of benzene rings is 1. The Balaban J connectivity index is 1.92. The van der Waals surface area contributed by atoms with Crippen LogP contribution < -0.4 is 11.1 Å². The molecule has 0 bridgehead atoms. The van der Waals surface area contributed by atoms with Gasteiger partial charge in [-0.2, -0.15) is 0 Å². The number of nitrogens with one attached hydrogen (secondary N) is 1. The summed E-state index contributed by atoms with van der Waals surface area (Å²) in [6.07, 6.45) is 4.91. The Morgan fingerprint density at radius 1 is 1.32 bits per heavy atom. The molecule has 3 rings (SSSR count). The SMILES string of the molecule is Cn1ccnc1CNC(=O)c1nccc2c(N)cc(F)cc12. The van der Waals surface area contributed by atoms with E-state index in [1.54, 1.807) is 23.0 Å². The van der Waals surface area contributed by atoms with Crippen LogP contribution >= 0.6 is 0 Å². The average Bonchev–Trinajstić information content (AvgIpc) is 2.89. The van der Waals surface area contributed by atoms with Crippen LogP contribution in [0.1, 0.15) is 16.3 Å². The Kier molecular flexibility index (Phi) is 3.46. The van der Waals surface area contributed by atoms with Gasteiger partial charge in [-0.15, -0.1) is 0 Å². The molecule has 0 spiro atoms. The first-order valence-corrected chi connectivity index (χ1v) is 6.64. The number of hydrogen-bond donors (Lipinski definition) is 2. The average molecular weight is 299 g/mol. The van der Waals surface area contributed by atoms with Crippen molar-refractivity contribution < 1.29 is 9.18 Å². The molecule has 6 nitrogen and oxygen atoms in total. The lowest BCUT2D eigenvalue weighted by molar-refractivity contribution is 0.0946. The van der Waals surface area contributed by atoms with E-state index in [4.69, 9.17) is 5.73 Å². The molecule has 112 valence electrons. The quantitative estimate of drug-likeness (QED) is 0.720. The van der Waals surface area contributed by atoms with Crippen molar-refractivity contribution in [2.24, 2.45) is 7.05 Å². The molecule has 3 aromatic rings. The van der Waals surface area contributed by atoms with Gasteiger partial charge in [0.25, 0.3) is 5.91 Å². The van der Waals surface area contributed by atoms with E-state index in [0.29, 0.717) is 16.6 Å². The maximum Gasteiger partial charge on any atom is 0.270 e. The lowest BCUT2D eigenvalue weighted by Crippen LogP contribution is -2.25. The minimum Gasteiger partial charge on any atom is -0.398 e. The third-order valence-corrected chi connectivity index (χ3v) is 3.42. The lowest BCUT2D eigenvalue weighted by Gasteiger charge is -2.09. The van der Waals surface area contributed by atoms with Gasteiger partial charge in [-0.25, -0.2) is 9.37 Å². The van der Waals surface area contributed by atoms with Crippen LogP contribution in [0.15, 0.2) is 36.8 Å². The van der Waals surface area contributed by atoms with Crippen molar-refractivity contribution in [3.63, 3.8) is 0 Å². The number of carbonyl (C=O) groups excluding carboxylic acids is 1. The van der Waals surface area contributed by atoms with Gasteiger partial charge in [0, 0.05) is 42.1 Å².